The Hall–Kier alpha value is -3.77. The van der Waals surface area contributed by atoms with Gasteiger partial charge >= 0.3 is 5.97 Å². The number of H-pyrrole nitrogens is 1. The number of amides is 1. The summed E-state index contributed by atoms with van der Waals surface area (Å²) in [6.45, 7) is 2.31. The Kier molecular flexibility index (Phi) is 12.7. The molecule has 0 saturated heterocycles. The van der Waals surface area contributed by atoms with Crippen LogP contribution in [0.5, 0.6) is 5.75 Å². The zero-order valence-corrected chi connectivity index (χ0v) is 30.4. The van der Waals surface area contributed by atoms with Crippen molar-refractivity contribution in [1.29, 1.82) is 0 Å². The van der Waals surface area contributed by atoms with Crippen molar-refractivity contribution in [3.05, 3.63) is 76.1 Å². The number of esters is 1. The van der Waals surface area contributed by atoms with Gasteiger partial charge in [-0.05, 0) is 87.7 Å². The SMILES string of the molecule is CN(CCC(=O)NCCCCCNC[C@H](O)c1ccc(O)c2[nH]c(=O)ccc12)C1C2CCC1C(OC(=O)C(O)(c1ccccc1)C1CCCCC1)C2. The number of carbonyl (C=O) groups is 2. The van der Waals surface area contributed by atoms with E-state index in [1.165, 1.54) is 12.1 Å². The summed E-state index contributed by atoms with van der Waals surface area (Å²) in [6, 6.07) is 15.7. The second-order valence-corrected chi connectivity index (χ2v) is 15.3. The summed E-state index contributed by atoms with van der Waals surface area (Å²) in [5.74, 6) is -0.0282. The molecule has 3 fully saturated rings. The van der Waals surface area contributed by atoms with Gasteiger partial charge in [-0.3, -0.25) is 9.59 Å². The van der Waals surface area contributed by atoms with Crippen molar-refractivity contribution in [1.82, 2.24) is 20.5 Å². The van der Waals surface area contributed by atoms with Crippen LogP contribution in [0, 0.1) is 17.8 Å². The molecule has 0 aliphatic heterocycles. The van der Waals surface area contributed by atoms with Crippen molar-refractivity contribution in [3.8, 4) is 5.75 Å². The Balaban J connectivity index is 0.882. The Labute approximate surface area is 306 Å². The van der Waals surface area contributed by atoms with Crippen LogP contribution in [-0.4, -0.2) is 82.5 Å². The van der Waals surface area contributed by atoms with E-state index in [2.05, 4.69) is 27.6 Å². The number of rotatable bonds is 17. The van der Waals surface area contributed by atoms with E-state index in [4.69, 9.17) is 4.74 Å². The molecular weight excluding hydrogens is 660 g/mol. The van der Waals surface area contributed by atoms with Crippen LogP contribution in [0.1, 0.15) is 94.3 Å². The first kappa shape index (κ1) is 38.0. The molecular formula is C41H56N4O7. The Morgan fingerprint density at radius 2 is 1.75 bits per heavy atom. The fraction of sp³-hybridized carbons (Fsp3) is 0.585. The molecule has 6 atom stereocenters. The maximum atomic E-state index is 13.9. The fourth-order valence-electron chi connectivity index (χ4n) is 9.21. The number of hydrogen-bond acceptors (Lipinski definition) is 9. The van der Waals surface area contributed by atoms with E-state index in [1.54, 1.807) is 12.1 Å². The molecule has 1 aromatic heterocycles. The quantitative estimate of drug-likeness (QED) is 0.0863. The molecule has 0 spiro atoms. The van der Waals surface area contributed by atoms with Gasteiger partial charge < -0.3 is 40.6 Å². The summed E-state index contributed by atoms with van der Waals surface area (Å²) in [4.78, 5) is 43.1. The summed E-state index contributed by atoms with van der Waals surface area (Å²) < 4.78 is 6.25. The molecule has 2 aromatic carbocycles. The third kappa shape index (κ3) is 8.54. The van der Waals surface area contributed by atoms with Crippen LogP contribution in [0.15, 0.2) is 59.4 Å². The molecule has 0 radical (unpaired) electrons. The van der Waals surface area contributed by atoms with Gasteiger partial charge in [-0.2, -0.15) is 0 Å². The van der Waals surface area contributed by atoms with Crippen LogP contribution >= 0.6 is 0 Å². The lowest BCUT2D eigenvalue weighted by atomic mass is 9.73. The van der Waals surface area contributed by atoms with Gasteiger partial charge in [-0.15, -0.1) is 0 Å². The second-order valence-electron chi connectivity index (χ2n) is 15.3. The fourth-order valence-corrected chi connectivity index (χ4v) is 9.21. The van der Waals surface area contributed by atoms with Crippen LogP contribution in [0.2, 0.25) is 0 Å². The summed E-state index contributed by atoms with van der Waals surface area (Å²) in [5, 5.41) is 39.7. The summed E-state index contributed by atoms with van der Waals surface area (Å²) in [7, 11) is 2.07. The number of ether oxygens (including phenoxy) is 1. The molecule has 3 aromatic rings. The van der Waals surface area contributed by atoms with Crippen molar-refractivity contribution < 1.29 is 29.6 Å². The summed E-state index contributed by atoms with van der Waals surface area (Å²) in [5.41, 5.74) is -0.362. The van der Waals surface area contributed by atoms with Crippen molar-refractivity contribution in [2.45, 2.75) is 101 Å². The highest BCUT2D eigenvalue weighted by Crippen LogP contribution is 2.50. The van der Waals surface area contributed by atoms with E-state index in [0.717, 1.165) is 77.2 Å². The number of nitrogens with zero attached hydrogens (tertiary/aromatic N) is 1. The number of hydrogen-bond donors (Lipinski definition) is 6. The van der Waals surface area contributed by atoms with Crippen molar-refractivity contribution in [2.24, 2.45) is 17.8 Å². The topological polar surface area (TPSA) is 164 Å². The molecule has 11 nitrogen and oxygen atoms in total. The number of benzene rings is 2. The van der Waals surface area contributed by atoms with Crippen molar-refractivity contribution in [3.63, 3.8) is 0 Å². The van der Waals surface area contributed by atoms with Crippen LogP contribution in [0.3, 0.4) is 0 Å². The molecule has 282 valence electrons. The summed E-state index contributed by atoms with van der Waals surface area (Å²) in [6.07, 6.45) is 9.76. The molecule has 1 heterocycles. The van der Waals surface area contributed by atoms with Gasteiger partial charge in [0.2, 0.25) is 11.5 Å². The first-order valence-corrected chi connectivity index (χ1v) is 19.4. The number of phenols is 1. The maximum absolute atomic E-state index is 13.9. The third-order valence-corrected chi connectivity index (χ3v) is 11.9. The minimum atomic E-state index is -1.63. The molecule has 2 bridgehead atoms. The average molecular weight is 717 g/mol. The third-order valence-electron chi connectivity index (χ3n) is 11.9. The van der Waals surface area contributed by atoms with Crippen LogP contribution < -0.4 is 16.2 Å². The standard InChI is InChI=1S/C41H56N4O7/c1-45(24-21-36(48)43-23-10-4-9-22-42-26-34(47)30-17-19-33(46)38-31(30)18-20-37(49)44-38)39-27-15-16-32(39)35(25-27)52-40(50)41(51,28-11-5-2-6-12-28)29-13-7-3-8-14-29/h2,5-6,11-12,17-20,27,29,32,34-35,39,42,46-47,51H,3-4,7-10,13-16,21-26H2,1H3,(H,43,48)(H,44,49)/t27?,32?,34-,35?,39?,41?/m0/s1. The monoisotopic (exact) mass is 716 g/mol. The number of aliphatic hydroxyl groups is 2. The van der Waals surface area contributed by atoms with Gasteiger partial charge in [-0.25, -0.2) is 4.79 Å². The number of aliphatic hydroxyl groups excluding tert-OH is 1. The van der Waals surface area contributed by atoms with E-state index in [-0.39, 0.29) is 41.2 Å². The van der Waals surface area contributed by atoms with Gasteiger partial charge in [0.1, 0.15) is 11.9 Å². The zero-order chi connectivity index (χ0) is 36.7. The molecule has 11 heteroatoms. The number of fused-ring (bicyclic) bond motifs is 3. The molecule has 52 heavy (non-hydrogen) atoms. The number of aromatic hydroxyl groups is 1. The minimum absolute atomic E-state index is 0.0318. The van der Waals surface area contributed by atoms with E-state index >= 15 is 0 Å². The number of phenolic OH excluding ortho intramolecular Hbond substituents is 1. The maximum Gasteiger partial charge on any atom is 0.343 e. The Bertz CT molecular complexity index is 1710. The Morgan fingerprint density at radius 1 is 0.981 bits per heavy atom. The minimum Gasteiger partial charge on any atom is -0.506 e. The lowest BCUT2D eigenvalue weighted by Gasteiger charge is -2.38. The van der Waals surface area contributed by atoms with Crippen molar-refractivity contribution in [2.75, 3.05) is 33.2 Å². The number of nitrogens with one attached hydrogen (secondary N) is 3. The first-order chi connectivity index (χ1) is 25.2. The lowest BCUT2D eigenvalue weighted by Crippen LogP contribution is -2.47. The van der Waals surface area contributed by atoms with Crippen LogP contribution in [0.25, 0.3) is 10.9 Å². The molecule has 6 rings (SSSR count). The highest BCUT2D eigenvalue weighted by atomic mass is 16.6. The van der Waals surface area contributed by atoms with Gasteiger partial charge in [0.05, 0.1) is 11.6 Å². The second kappa shape index (κ2) is 17.4. The molecule has 6 N–H and O–H groups in total. The van der Waals surface area contributed by atoms with E-state index in [9.17, 15) is 29.7 Å². The highest BCUT2D eigenvalue weighted by molar-refractivity contribution is 5.87. The zero-order valence-electron chi connectivity index (χ0n) is 30.4. The van der Waals surface area contributed by atoms with E-state index < -0.39 is 17.7 Å². The average Bonchev–Trinajstić information content (AvgIpc) is 3.73. The smallest absolute Gasteiger partial charge is 0.343 e. The predicted molar refractivity (Wildman–Crippen MR) is 200 cm³/mol. The van der Waals surface area contributed by atoms with Gasteiger partial charge in [-0.1, -0.05) is 62.1 Å². The molecule has 1 amide bonds. The predicted octanol–water partition coefficient (Wildman–Crippen LogP) is 4.64. The number of aromatic nitrogens is 1. The number of pyridine rings is 1. The lowest BCUT2D eigenvalue weighted by molar-refractivity contribution is -0.184. The Morgan fingerprint density at radius 3 is 2.54 bits per heavy atom. The van der Waals surface area contributed by atoms with E-state index in [1.807, 2.05) is 30.3 Å². The number of unbranched alkanes of at least 4 members (excludes halogenated alkanes) is 2. The molecule has 3 saturated carbocycles. The van der Waals surface area contributed by atoms with Crippen molar-refractivity contribution >= 4 is 22.8 Å². The first-order valence-electron chi connectivity index (χ1n) is 19.4. The van der Waals surface area contributed by atoms with Gasteiger partial charge in [0.15, 0.2) is 5.60 Å². The van der Waals surface area contributed by atoms with Gasteiger partial charge in [0, 0.05) is 55.4 Å². The largest absolute Gasteiger partial charge is 0.506 e. The van der Waals surface area contributed by atoms with Crippen LogP contribution in [-0.2, 0) is 19.9 Å². The van der Waals surface area contributed by atoms with Crippen LogP contribution in [0.4, 0.5) is 0 Å². The highest BCUT2D eigenvalue weighted by Gasteiger charge is 2.54. The molecule has 3 aliphatic carbocycles. The number of aromatic amines is 1. The molecule has 5 unspecified atom stereocenters. The summed E-state index contributed by atoms with van der Waals surface area (Å²) >= 11 is 0. The normalized spacial score (nSPS) is 23.5. The van der Waals surface area contributed by atoms with Gasteiger partial charge in [0.25, 0.3) is 0 Å². The van der Waals surface area contributed by atoms with E-state index in [0.29, 0.717) is 54.0 Å². The molecule has 3 aliphatic rings. The number of carbonyl (C=O) groups excluding carboxylic acids is 2.